The van der Waals surface area contributed by atoms with Crippen LogP contribution >= 0.6 is 11.8 Å². The first-order valence-electron chi connectivity index (χ1n) is 8.66. The topological polar surface area (TPSA) is 93.7 Å². The van der Waals surface area contributed by atoms with E-state index in [-0.39, 0.29) is 34.2 Å². The van der Waals surface area contributed by atoms with Crippen molar-refractivity contribution in [3.05, 3.63) is 93.1 Å². The van der Waals surface area contributed by atoms with Gasteiger partial charge in [-0.25, -0.2) is 0 Å². The molecule has 0 spiro atoms. The van der Waals surface area contributed by atoms with E-state index in [0.717, 1.165) is 28.1 Å². The molecule has 29 heavy (non-hydrogen) atoms. The monoisotopic (exact) mass is 406 g/mol. The van der Waals surface area contributed by atoms with E-state index in [1.165, 1.54) is 35.3 Å². The summed E-state index contributed by atoms with van der Waals surface area (Å²) in [6, 6.07) is 16.3. The Labute approximate surface area is 169 Å². The van der Waals surface area contributed by atoms with Gasteiger partial charge >= 0.3 is 5.88 Å². The van der Waals surface area contributed by atoms with Crippen molar-refractivity contribution in [2.24, 2.45) is 0 Å². The Morgan fingerprint density at radius 1 is 1.07 bits per heavy atom. The first-order valence-corrected chi connectivity index (χ1v) is 9.47. The molecule has 0 bridgehead atoms. The average Bonchev–Trinajstić information content (AvgIpc) is 3.29. The first kappa shape index (κ1) is 18.7. The number of imide groups is 1. The maximum absolute atomic E-state index is 12.7. The minimum absolute atomic E-state index is 0.192. The molecule has 0 unspecified atom stereocenters. The summed E-state index contributed by atoms with van der Waals surface area (Å²) in [7, 11) is 0. The molecule has 2 heterocycles. The van der Waals surface area contributed by atoms with Crippen LogP contribution < -0.4 is 0 Å². The summed E-state index contributed by atoms with van der Waals surface area (Å²) < 4.78 is 5.01. The van der Waals surface area contributed by atoms with Gasteiger partial charge in [0.05, 0.1) is 17.5 Å². The lowest BCUT2D eigenvalue weighted by Gasteiger charge is -2.14. The van der Waals surface area contributed by atoms with Crippen LogP contribution in [0.15, 0.2) is 76.1 Å². The number of carbonyl (C=O) groups excluding carboxylic acids is 2. The third-order valence-electron chi connectivity index (χ3n) is 4.38. The van der Waals surface area contributed by atoms with Crippen LogP contribution in [0.4, 0.5) is 10.7 Å². The number of rotatable bonds is 5. The Hall–Kier alpha value is -3.65. The van der Waals surface area contributed by atoms with Crippen LogP contribution in [-0.4, -0.2) is 21.0 Å². The number of hydrogen-bond donors (Lipinski definition) is 0. The van der Waals surface area contributed by atoms with E-state index >= 15 is 0 Å². The standard InChI is InChI=1S/C21H14N2O5S/c24-20-18(10-4-8-16-11-12-19(28-16)23(26)27)29-21(25)22(20)13-15-7-3-6-14-5-1-2-9-17(14)15/h1-12H,13H2/b8-4+,18-10-. The van der Waals surface area contributed by atoms with E-state index in [9.17, 15) is 19.7 Å². The van der Waals surface area contributed by atoms with Crippen molar-refractivity contribution in [1.82, 2.24) is 4.90 Å². The minimum Gasteiger partial charge on any atom is -0.401 e. The van der Waals surface area contributed by atoms with E-state index in [1.54, 1.807) is 0 Å². The number of thioether (sulfide) groups is 1. The smallest absolute Gasteiger partial charge is 0.401 e. The molecule has 1 aliphatic heterocycles. The van der Waals surface area contributed by atoms with Crippen LogP contribution in [0, 0.1) is 10.1 Å². The molecule has 1 fully saturated rings. The predicted molar refractivity (Wildman–Crippen MR) is 110 cm³/mol. The average molecular weight is 406 g/mol. The number of hydrogen-bond acceptors (Lipinski definition) is 6. The van der Waals surface area contributed by atoms with Crippen molar-refractivity contribution >= 4 is 45.6 Å². The fourth-order valence-corrected chi connectivity index (χ4v) is 3.80. The zero-order chi connectivity index (χ0) is 20.4. The molecular weight excluding hydrogens is 392 g/mol. The van der Waals surface area contributed by atoms with Gasteiger partial charge in [0.2, 0.25) is 0 Å². The fraction of sp³-hybridized carbons (Fsp3) is 0.0476. The Bertz CT molecular complexity index is 1190. The molecule has 0 saturated carbocycles. The zero-order valence-corrected chi connectivity index (χ0v) is 15.8. The highest BCUT2D eigenvalue weighted by Crippen LogP contribution is 2.33. The number of furan rings is 1. The molecule has 4 rings (SSSR count). The zero-order valence-electron chi connectivity index (χ0n) is 15.0. The lowest BCUT2D eigenvalue weighted by atomic mass is 10.0. The Balaban J connectivity index is 1.51. The summed E-state index contributed by atoms with van der Waals surface area (Å²) >= 11 is 0.860. The number of benzene rings is 2. The summed E-state index contributed by atoms with van der Waals surface area (Å²) in [5.41, 5.74) is 0.894. The van der Waals surface area contributed by atoms with Crippen LogP contribution in [0.5, 0.6) is 0 Å². The Morgan fingerprint density at radius 3 is 2.66 bits per heavy atom. The number of amides is 2. The maximum atomic E-state index is 12.7. The van der Waals surface area contributed by atoms with Crippen LogP contribution in [0.25, 0.3) is 16.8 Å². The van der Waals surface area contributed by atoms with E-state index < -0.39 is 4.92 Å². The summed E-state index contributed by atoms with van der Waals surface area (Å²) in [5.74, 6) is -0.453. The molecule has 0 atom stereocenters. The maximum Gasteiger partial charge on any atom is 0.433 e. The Kier molecular flexibility index (Phi) is 5.01. The lowest BCUT2D eigenvalue weighted by molar-refractivity contribution is -0.402. The molecule has 2 aromatic carbocycles. The number of allylic oxidation sites excluding steroid dienone is 2. The van der Waals surface area contributed by atoms with E-state index in [4.69, 9.17) is 4.42 Å². The highest BCUT2D eigenvalue weighted by molar-refractivity contribution is 8.18. The highest BCUT2D eigenvalue weighted by atomic mass is 32.2. The predicted octanol–water partition coefficient (Wildman–Crippen LogP) is 5.13. The van der Waals surface area contributed by atoms with Crippen molar-refractivity contribution in [2.75, 3.05) is 0 Å². The van der Waals surface area contributed by atoms with Gasteiger partial charge in [-0.2, -0.15) is 0 Å². The number of carbonyl (C=O) groups is 2. The van der Waals surface area contributed by atoms with Crippen molar-refractivity contribution in [1.29, 1.82) is 0 Å². The van der Waals surface area contributed by atoms with Gasteiger partial charge in [0.15, 0.2) is 0 Å². The van der Waals surface area contributed by atoms with Gasteiger partial charge in [0.1, 0.15) is 10.7 Å². The van der Waals surface area contributed by atoms with Crippen LogP contribution in [0.1, 0.15) is 11.3 Å². The lowest BCUT2D eigenvalue weighted by Crippen LogP contribution is -2.27. The molecule has 8 heteroatoms. The van der Waals surface area contributed by atoms with Gasteiger partial charge in [0.25, 0.3) is 11.1 Å². The molecule has 1 saturated heterocycles. The summed E-state index contributed by atoms with van der Waals surface area (Å²) in [6.45, 7) is 0.192. The van der Waals surface area contributed by atoms with E-state index in [1.807, 2.05) is 42.5 Å². The second kappa shape index (κ2) is 7.76. The normalized spacial score (nSPS) is 15.9. The quantitative estimate of drug-likeness (QED) is 0.331. The van der Waals surface area contributed by atoms with Gasteiger partial charge in [-0.15, -0.1) is 0 Å². The second-order valence-electron chi connectivity index (χ2n) is 6.22. The third-order valence-corrected chi connectivity index (χ3v) is 5.31. The van der Waals surface area contributed by atoms with Gasteiger partial charge in [-0.1, -0.05) is 48.5 Å². The van der Waals surface area contributed by atoms with Crippen molar-refractivity contribution in [2.45, 2.75) is 6.54 Å². The molecule has 7 nitrogen and oxygen atoms in total. The van der Waals surface area contributed by atoms with E-state index in [0.29, 0.717) is 0 Å². The molecule has 144 valence electrons. The fourth-order valence-electron chi connectivity index (χ4n) is 3.01. The van der Waals surface area contributed by atoms with E-state index in [2.05, 4.69) is 0 Å². The van der Waals surface area contributed by atoms with Crippen LogP contribution in [0.2, 0.25) is 0 Å². The SMILES string of the molecule is O=C1S/C(=C\C=C\c2ccc([N+](=O)[O-])o2)C(=O)N1Cc1cccc2ccccc12. The molecular formula is C21H14N2O5S. The second-order valence-corrected chi connectivity index (χ2v) is 7.21. The minimum atomic E-state index is -0.629. The first-order chi connectivity index (χ1) is 14.0. The van der Waals surface area contributed by atoms with Crippen molar-refractivity contribution < 1.29 is 18.9 Å². The molecule has 1 aromatic heterocycles. The summed E-state index contributed by atoms with van der Waals surface area (Å²) in [6.07, 6.45) is 4.52. The molecule has 1 aliphatic rings. The number of nitro groups is 1. The van der Waals surface area contributed by atoms with Gasteiger partial charge in [-0.3, -0.25) is 24.6 Å². The van der Waals surface area contributed by atoms with Crippen LogP contribution in [0.3, 0.4) is 0 Å². The molecule has 2 amide bonds. The third kappa shape index (κ3) is 3.83. The molecule has 0 radical (unpaired) electrons. The van der Waals surface area contributed by atoms with Crippen molar-refractivity contribution in [3.8, 4) is 0 Å². The largest absolute Gasteiger partial charge is 0.433 e. The van der Waals surface area contributed by atoms with Gasteiger partial charge < -0.3 is 4.42 Å². The van der Waals surface area contributed by atoms with Crippen LogP contribution in [-0.2, 0) is 11.3 Å². The molecule has 0 N–H and O–H groups in total. The van der Waals surface area contributed by atoms with Gasteiger partial charge in [-0.05, 0) is 46.3 Å². The Morgan fingerprint density at radius 2 is 1.86 bits per heavy atom. The number of fused-ring (bicyclic) bond motifs is 1. The summed E-state index contributed by atoms with van der Waals surface area (Å²) in [4.78, 5) is 36.5. The molecule has 3 aromatic rings. The summed E-state index contributed by atoms with van der Waals surface area (Å²) in [5, 5.41) is 12.3. The van der Waals surface area contributed by atoms with Crippen molar-refractivity contribution in [3.63, 3.8) is 0 Å². The van der Waals surface area contributed by atoms with Gasteiger partial charge in [0, 0.05) is 0 Å². The highest BCUT2D eigenvalue weighted by Gasteiger charge is 2.34. The number of nitrogens with zero attached hydrogens (tertiary/aromatic N) is 2. The molecule has 0 aliphatic carbocycles.